The normalized spacial score (nSPS) is 31.2. The molecule has 3 aliphatic rings. The molecular formula is C16H13F2NO5. The summed E-state index contributed by atoms with van der Waals surface area (Å²) in [5.41, 5.74) is 0.246. The molecule has 0 saturated heterocycles. The third-order valence-electron chi connectivity index (χ3n) is 4.72. The Morgan fingerprint density at radius 2 is 1.79 bits per heavy atom. The number of halogens is 2. The van der Waals surface area contributed by atoms with E-state index in [4.69, 9.17) is 0 Å². The van der Waals surface area contributed by atoms with Gasteiger partial charge in [0.15, 0.2) is 11.5 Å². The van der Waals surface area contributed by atoms with Gasteiger partial charge in [-0.1, -0.05) is 12.2 Å². The van der Waals surface area contributed by atoms with Crippen LogP contribution in [0.2, 0.25) is 0 Å². The van der Waals surface area contributed by atoms with E-state index in [1.54, 1.807) is 0 Å². The van der Waals surface area contributed by atoms with Crippen LogP contribution in [-0.2, 0) is 9.59 Å². The second kappa shape index (κ2) is 4.93. The topological polar surface area (TPSA) is 84.9 Å². The largest absolute Gasteiger partial charge is 0.586 e. The molecule has 0 spiro atoms. The Kier molecular flexibility index (Phi) is 3.06. The molecule has 1 heterocycles. The van der Waals surface area contributed by atoms with Gasteiger partial charge < -0.3 is 19.9 Å². The van der Waals surface area contributed by atoms with Crippen molar-refractivity contribution in [3.05, 3.63) is 30.4 Å². The number of carbonyl (C=O) groups excluding carboxylic acids is 1. The second-order valence-electron chi connectivity index (χ2n) is 6.16. The maximum absolute atomic E-state index is 13.0. The molecule has 4 rings (SSSR count). The molecule has 8 heteroatoms. The summed E-state index contributed by atoms with van der Waals surface area (Å²) in [5.74, 6) is -3.44. The quantitative estimate of drug-likeness (QED) is 0.828. The van der Waals surface area contributed by atoms with E-state index in [0.717, 1.165) is 0 Å². The zero-order valence-corrected chi connectivity index (χ0v) is 12.2. The molecule has 126 valence electrons. The average Bonchev–Trinajstić information content (AvgIpc) is 3.16. The van der Waals surface area contributed by atoms with Crippen molar-refractivity contribution in [2.45, 2.75) is 12.7 Å². The Morgan fingerprint density at radius 1 is 1.12 bits per heavy atom. The summed E-state index contributed by atoms with van der Waals surface area (Å²) in [6.45, 7) is 0. The highest BCUT2D eigenvalue weighted by molar-refractivity contribution is 5.96. The van der Waals surface area contributed by atoms with Gasteiger partial charge >= 0.3 is 12.3 Å². The van der Waals surface area contributed by atoms with Crippen LogP contribution in [0, 0.1) is 23.7 Å². The molecular weight excluding hydrogens is 324 g/mol. The monoisotopic (exact) mass is 337 g/mol. The molecule has 0 unspecified atom stereocenters. The lowest BCUT2D eigenvalue weighted by Gasteiger charge is -2.23. The van der Waals surface area contributed by atoms with Crippen LogP contribution in [0.15, 0.2) is 30.4 Å². The third kappa shape index (κ3) is 2.29. The zero-order valence-electron chi connectivity index (χ0n) is 12.2. The summed E-state index contributed by atoms with van der Waals surface area (Å²) < 4.78 is 34.7. The number of nitrogens with one attached hydrogen (secondary N) is 1. The predicted octanol–water partition coefficient (Wildman–Crippen LogP) is 2.47. The first kappa shape index (κ1) is 14.9. The number of amides is 1. The van der Waals surface area contributed by atoms with Crippen molar-refractivity contribution in [1.82, 2.24) is 0 Å². The summed E-state index contributed by atoms with van der Waals surface area (Å²) in [5, 5.41) is 12.0. The van der Waals surface area contributed by atoms with Crippen LogP contribution < -0.4 is 14.8 Å². The van der Waals surface area contributed by atoms with Gasteiger partial charge in [-0.25, -0.2) is 0 Å². The number of carbonyl (C=O) groups is 2. The van der Waals surface area contributed by atoms with Crippen LogP contribution in [-0.4, -0.2) is 23.3 Å². The molecule has 1 aromatic carbocycles. The van der Waals surface area contributed by atoms with Crippen molar-refractivity contribution in [3.8, 4) is 11.5 Å². The van der Waals surface area contributed by atoms with Crippen molar-refractivity contribution < 1.29 is 33.0 Å². The number of aliphatic carboxylic acids is 1. The van der Waals surface area contributed by atoms with E-state index in [2.05, 4.69) is 14.8 Å². The smallest absolute Gasteiger partial charge is 0.481 e. The van der Waals surface area contributed by atoms with E-state index in [9.17, 15) is 23.5 Å². The number of hydrogen-bond donors (Lipinski definition) is 2. The summed E-state index contributed by atoms with van der Waals surface area (Å²) in [6, 6.07) is 3.90. The van der Waals surface area contributed by atoms with E-state index < -0.39 is 30.0 Å². The number of carboxylic acids is 1. The van der Waals surface area contributed by atoms with E-state index >= 15 is 0 Å². The lowest BCUT2D eigenvalue weighted by molar-refractivity contribution is -0.286. The predicted molar refractivity (Wildman–Crippen MR) is 76.6 cm³/mol. The van der Waals surface area contributed by atoms with Crippen LogP contribution in [0.5, 0.6) is 11.5 Å². The molecule has 0 aromatic heterocycles. The highest BCUT2D eigenvalue weighted by atomic mass is 19.3. The van der Waals surface area contributed by atoms with Gasteiger partial charge in [0, 0.05) is 11.8 Å². The molecule has 4 atom stereocenters. The molecule has 24 heavy (non-hydrogen) atoms. The molecule has 1 amide bonds. The Hall–Kier alpha value is -2.64. The third-order valence-corrected chi connectivity index (χ3v) is 4.72. The first-order valence-corrected chi connectivity index (χ1v) is 7.46. The maximum atomic E-state index is 13.0. The van der Waals surface area contributed by atoms with Crippen molar-refractivity contribution in [2.24, 2.45) is 23.7 Å². The SMILES string of the molecule is O=C(O)[C@@H]1[C@H](C(=O)Nc2ccc3c(c2)OC(F)(F)O3)[C@H]2C=C[C@H]1C2. The Labute approximate surface area is 135 Å². The molecule has 1 saturated carbocycles. The summed E-state index contributed by atoms with van der Waals surface area (Å²) in [4.78, 5) is 24.0. The fourth-order valence-electron chi connectivity index (χ4n) is 3.77. The van der Waals surface area contributed by atoms with E-state index in [0.29, 0.717) is 6.42 Å². The summed E-state index contributed by atoms with van der Waals surface area (Å²) in [7, 11) is 0. The lowest BCUT2D eigenvalue weighted by Crippen LogP contribution is -2.36. The number of alkyl halides is 2. The van der Waals surface area contributed by atoms with Crippen LogP contribution in [0.4, 0.5) is 14.5 Å². The minimum absolute atomic E-state index is 0.116. The number of allylic oxidation sites excluding steroid dienone is 2. The van der Waals surface area contributed by atoms with E-state index in [-0.39, 0.29) is 29.0 Å². The van der Waals surface area contributed by atoms with Crippen LogP contribution in [0.1, 0.15) is 6.42 Å². The van der Waals surface area contributed by atoms with Gasteiger partial charge in [-0.3, -0.25) is 9.59 Å². The van der Waals surface area contributed by atoms with Crippen molar-refractivity contribution in [1.29, 1.82) is 0 Å². The number of fused-ring (bicyclic) bond motifs is 3. The minimum atomic E-state index is -3.73. The Morgan fingerprint density at radius 3 is 2.50 bits per heavy atom. The molecule has 2 bridgehead atoms. The summed E-state index contributed by atoms with van der Waals surface area (Å²) in [6.07, 6.45) is 0.627. The van der Waals surface area contributed by atoms with Crippen LogP contribution in [0.25, 0.3) is 0 Å². The highest BCUT2D eigenvalue weighted by Crippen LogP contribution is 2.49. The van der Waals surface area contributed by atoms with Crippen LogP contribution >= 0.6 is 0 Å². The number of ether oxygens (including phenoxy) is 2. The van der Waals surface area contributed by atoms with Crippen molar-refractivity contribution >= 4 is 17.6 Å². The molecule has 1 fully saturated rings. The lowest BCUT2D eigenvalue weighted by atomic mass is 9.82. The molecule has 2 N–H and O–H groups in total. The van der Waals surface area contributed by atoms with Gasteiger partial charge in [0.05, 0.1) is 11.8 Å². The Bertz CT molecular complexity index is 763. The van der Waals surface area contributed by atoms with Crippen LogP contribution in [0.3, 0.4) is 0 Å². The minimum Gasteiger partial charge on any atom is -0.481 e. The van der Waals surface area contributed by atoms with Gasteiger partial charge in [-0.2, -0.15) is 0 Å². The zero-order chi connectivity index (χ0) is 17.1. The standard InChI is InChI=1S/C16H13F2NO5/c17-16(18)23-10-4-3-9(6-11(10)24-16)19-14(20)12-7-1-2-8(5-7)13(12)15(21)22/h1-4,6-8,12-13H,5H2,(H,19,20)(H,21,22)/t7-,8-,12+,13-/m0/s1. The van der Waals surface area contributed by atoms with Gasteiger partial charge in [-0.05, 0) is 30.4 Å². The Balaban J connectivity index is 1.53. The first-order valence-electron chi connectivity index (χ1n) is 7.46. The first-order chi connectivity index (χ1) is 11.3. The van der Waals surface area contributed by atoms with Crippen molar-refractivity contribution in [2.75, 3.05) is 5.32 Å². The molecule has 1 aromatic rings. The maximum Gasteiger partial charge on any atom is 0.586 e. The van der Waals surface area contributed by atoms with Gasteiger partial charge in [0.1, 0.15) is 0 Å². The number of hydrogen-bond acceptors (Lipinski definition) is 4. The number of anilines is 1. The van der Waals surface area contributed by atoms with Crippen molar-refractivity contribution in [3.63, 3.8) is 0 Å². The molecule has 2 aliphatic carbocycles. The number of rotatable bonds is 3. The number of carboxylic acid groups (broad SMARTS) is 1. The molecule has 0 radical (unpaired) electrons. The number of benzene rings is 1. The second-order valence-corrected chi connectivity index (χ2v) is 6.16. The fourth-order valence-corrected chi connectivity index (χ4v) is 3.77. The van der Waals surface area contributed by atoms with Gasteiger partial charge in [0.2, 0.25) is 5.91 Å². The highest BCUT2D eigenvalue weighted by Gasteiger charge is 2.51. The molecule has 1 aliphatic heterocycles. The van der Waals surface area contributed by atoms with E-state index in [1.807, 2.05) is 12.2 Å². The average molecular weight is 337 g/mol. The van der Waals surface area contributed by atoms with Gasteiger partial charge in [0.25, 0.3) is 0 Å². The van der Waals surface area contributed by atoms with Gasteiger partial charge in [-0.15, -0.1) is 8.78 Å². The summed E-state index contributed by atoms with van der Waals surface area (Å²) >= 11 is 0. The fraction of sp³-hybridized carbons (Fsp3) is 0.375. The molecule has 6 nitrogen and oxygen atoms in total. The van der Waals surface area contributed by atoms with E-state index in [1.165, 1.54) is 18.2 Å².